The van der Waals surface area contributed by atoms with E-state index in [1.807, 2.05) is 0 Å². The molecule has 2 aliphatic rings. The van der Waals surface area contributed by atoms with Crippen molar-refractivity contribution in [2.24, 2.45) is 5.92 Å². The summed E-state index contributed by atoms with van der Waals surface area (Å²) in [6.07, 6.45) is 8.27. The first-order valence-electron chi connectivity index (χ1n) is 7.82. The van der Waals surface area contributed by atoms with E-state index < -0.39 is 10.0 Å². The Morgan fingerprint density at radius 3 is 2.80 bits per heavy atom. The molecule has 118 valence electrons. The van der Waals surface area contributed by atoms with Gasteiger partial charge in [0.2, 0.25) is 10.0 Å². The van der Waals surface area contributed by atoms with Crippen molar-refractivity contribution >= 4 is 10.0 Å². The number of rotatable bonds is 6. The van der Waals surface area contributed by atoms with E-state index in [0.29, 0.717) is 31.7 Å². The average molecular weight is 304 g/mol. The molecule has 2 atom stereocenters. The summed E-state index contributed by atoms with van der Waals surface area (Å²) in [5.74, 6) is 0.359. The molecule has 0 radical (unpaired) electrons. The number of sulfonamides is 1. The van der Waals surface area contributed by atoms with E-state index in [0.717, 1.165) is 32.4 Å². The van der Waals surface area contributed by atoms with Crippen molar-refractivity contribution in [2.45, 2.75) is 44.6 Å². The lowest BCUT2D eigenvalue weighted by Crippen LogP contribution is -2.40. The van der Waals surface area contributed by atoms with Crippen LogP contribution in [-0.4, -0.2) is 57.9 Å². The van der Waals surface area contributed by atoms with Gasteiger partial charge >= 0.3 is 0 Å². The maximum atomic E-state index is 11.5. The van der Waals surface area contributed by atoms with Gasteiger partial charge in [-0.25, -0.2) is 12.7 Å². The number of hydrogen-bond donors (Lipinski definition) is 1. The van der Waals surface area contributed by atoms with E-state index >= 15 is 0 Å². The van der Waals surface area contributed by atoms with Crippen LogP contribution in [0.2, 0.25) is 0 Å². The van der Waals surface area contributed by atoms with Gasteiger partial charge in [-0.2, -0.15) is 0 Å². The summed E-state index contributed by atoms with van der Waals surface area (Å²) in [6.45, 7) is 3.91. The monoisotopic (exact) mass is 304 g/mol. The molecule has 0 saturated carbocycles. The van der Waals surface area contributed by atoms with Crippen molar-refractivity contribution < 1.29 is 13.2 Å². The number of nitrogens with zero attached hydrogens (tertiary/aromatic N) is 1. The Morgan fingerprint density at radius 2 is 2.10 bits per heavy atom. The predicted molar refractivity (Wildman–Crippen MR) is 80.2 cm³/mol. The van der Waals surface area contributed by atoms with Crippen LogP contribution in [0.5, 0.6) is 0 Å². The van der Waals surface area contributed by atoms with Crippen molar-refractivity contribution in [3.8, 4) is 0 Å². The molecule has 2 saturated heterocycles. The molecule has 2 unspecified atom stereocenters. The predicted octanol–water partition coefficient (Wildman–Crippen LogP) is 1.21. The zero-order chi connectivity index (χ0) is 14.4. The van der Waals surface area contributed by atoms with E-state index in [4.69, 9.17) is 4.74 Å². The number of hydrogen-bond acceptors (Lipinski definition) is 4. The zero-order valence-electron chi connectivity index (χ0n) is 12.5. The Hall–Kier alpha value is -0.170. The summed E-state index contributed by atoms with van der Waals surface area (Å²) in [5.41, 5.74) is 0. The third-order valence-electron chi connectivity index (χ3n) is 4.33. The lowest BCUT2D eigenvalue weighted by Gasteiger charge is -2.31. The van der Waals surface area contributed by atoms with Gasteiger partial charge < -0.3 is 10.1 Å². The lowest BCUT2D eigenvalue weighted by molar-refractivity contribution is 0.0705. The molecular weight excluding hydrogens is 276 g/mol. The summed E-state index contributed by atoms with van der Waals surface area (Å²) in [7, 11) is -3.04. The zero-order valence-corrected chi connectivity index (χ0v) is 13.3. The second-order valence-corrected chi connectivity index (χ2v) is 8.12. The summed E-state index contributed by atoms with van der Waals surface area (Å²) >= 11 is 0. The van der Waals surface area contributed by atoms with E-state index in [1.54, 1.807) is 4.31 Å². The molecule has 0 aromatic carbocycles. The topological polar surface area (TPSA) is 58.6 Å². The van der Waals surface area contributed by atoms with E-state index in [9.17, 15) is 8.42 Å². The Kier molecular flexibility index (Phi) is 6.26. The van der Waals surface area contributed by atoms with Crippen molar-refractivity contribution in [3.63, 3.8) is 0 Å². The van der Waals surface area contributed by atoms with Crippen LogP contribution in [0.25, 0.3) is 0 Å². The molecular formula is C14H28N2O3S. The molecule has 2 fully saturated rings. The van der Waals surface area contributed by atoms with Crippen LogP contribution in [0.3, 0.4) is 0 Å². The number of ether oxygens (including phenoxy) is 1. The fourth-order valence-corrected chi connectivity index (χ4v) is 4.05. The number of piperidine rings is 2. The van der Waals surface area contributed by atoms with Crippen LogP contribution >= 0.6 is 0 Å². The van der Waals surface area contributed by atoms with Gasteiger partial charge in [-0.1, -0.05) is 6.42 Å². The molecule has 6 heteroatoms. The Bertz CT molecular complexity index is 380. The first kappa shape index (κ1) is 16.2. The minimum atomic E-state index is -3.04. The van der Waals surface area contributed by atoms with Gasteiger partial charge in [0.15, 0.2) is 0 Å². The molecule has 0 aromatic rings. The third kappa shape index (κ3) is 5.31. The van der Waals surface area contributed by atoms with Gasteiger partial charge in [-0.15, -0.1) is 0 Å². The standard InChI is InChI=1S/C14H28N2O3S/c1-20(17,18)16-9-4-5-13(11-16)12-19-10-7-14-6-2-3-8-15-14/h13-15H,2-12H2,1H3. The van der Waals surface area contributed by atoms with E-state index in [-0.39, 0.29) is 0 Å². The minimum Gasteiger partial charge on any atom is -0.381 e. The highest BCUT2D eigenvalue weighted by atomic mass is 32.2. The van der Waals surface area contributed by atoms with Crippen LogP contribution in [-0.2, 0) is 14.8 Å². The first-order chi connectivity index (χ1) is 9.55. The highest BCUT2D eigenvalue weighted by molar-refractivity contribution is 7.88. The summed E-state index contributed by atoms with van der Waals surface area (Å²) in [4.78, 5) is 0. The molecule has 0 aromatic heterocycles. The molecule has 2 aliphatic heterocycles. The molecule has 1 N–H and O–H groups in total. The summed E-state index contributed by atoms with van der Waals surface area (Å²) in [6, 6.07) is 0.614. The van der Waals surface area contributed by atoms with Gasteiger partial charge in [0, 0.05) is 25.7 Å². The van der Waals surface area contributed by atoms with E-state index in [2.05, 4.69) is 5.32 Å². The maximum Gasteiger partial charge on any atom is 0.211 e. The third-order valence-corrected chi connectivity index (χ3v) is 5.60. The van der Waals surface area contributed by atoms with Crippen molar-refractivity contribution in [1.29, 1.82) is 0 Å². The Labute approximate surface area is 123 Å². The smallest absolute Gasteiger partial charge is 0.211 e. The minimum absolute atomic E-state index is 0.359. The van der Waals surface area contributed by atoms with Gasteiger partial charge in [-0.05, 0) is 44.6 Å². The fraction of sp³-hybridized carbons (Fsp3) is 1.00. The Balaban J connectivity index is 1.61. The number of nitrogens with one attached hydrogen (secondary N) is 1. The SMILES string of the molecule is CS(=O)(=O)N1CCCC(COCCC2CCCCN2)C1. The largest absolute Gasteiger partial charge is 0.381 e. The van der Waals surface area contributed by atoms with Gasteiger partial charge in [0.1, 0.15) is 0 Å². The fourth-order valence-electron chi connectivity index (χ4n) is 3.11. The molecule has 2 heterocycles. The highest BCUT2D eigenvalue weighted by Gasteiger charge is 2.25. The second-order valence-electron chi connectivity index (χ2n) is 6.14. The second kappa shape index (κ2) is 7.73. The first-order valence-corrected chi connectivity index (χ1v) is 9.67. The van der Waals surface area contributed by atoms with Crippen molar-refractivity contribution in [1.82, 2.24) is 9.62 Å². The Morgan fingerprint density at radius 1 is 1.25 bits per heavy atom. The van der Waals surface area contributed by atoms with Crippen LogP contribution in [0.15, 0.2) is 0 Å². The molecule has 0 aliphatic carbocycles. The van der Waals surface area contributed by atoms with Crippen LogP contribution in [0, 0.1) is 5.92 Å². The molecule has 0 bridgehead atoms. The normalized spacial score (nSPS) is 29.4. The summed E-state index contributed by atoms with van der Waals surface area (Å²) in [5, 5.41) is 3.52. The molecule has 2 rings (SSSR count). The van der Waals surface area contributed by atoms with Crippen LogP contribution in [0.4, 0.5) is 0 Å². The summed E-state index contributed by atoms with van der Waals surface area (Å²) < 4.78 is 30.5. The average Bonchev–Trinajstić information content (AvgIpc) is 2.44. The molecule has 0 spiro atoms. The van der Waals surface area contributed by atoms with Crippen LogP contribution < -0.4 is 5.32 Å². The molecule has 5 nitrogen and oxygen atoms in total. The van der Waals surface area contributed by atoms with Crippen molar-refractivity contribution in [2.75, 3.05) is 39.1 Å². The molecule has 0 amide bonds. The van der Waals surface area contributed by atoms with Gasteiger partial charge in [0.05, 0.1) is 12.9 Å². The maximum absolute atomic E-state index is 11.5. The quantitative estimate of drug-likeness (QED) is 0.749. The lowest BCUT2D eigenvalue weighted by atomic mass is 10.0. The van der Waals surface area contributed by atoms with Crippen LogP contribution in [0.1, 0.15) is 38.5 Å². The highest BCUT2D eigenvalue weighted by Crippen LogP contribution is 2.19. The van der Waals surface area contributed by atoms with Gasteiger partial charge in [0.25, 0.3) is 0 Å². The molecule has 20 heavy (non-hydrogen) atoms. The van der Waals surface area contributed by atoms with E-state index in [1.165, 1.54) is 25.5 Å². The van der Waals surface area contributed by atoms with Gasteiger partial charge in [-0.3, -0.25) is 0 Å². The van der Waals surface area contributed by atoms with Crippen molar-refractivity contribution in [3.05, 3.63) is 0 Å².